The number of para-hydroxylation sites is 2. The summed E-state index contributed by atoms with van der Waals surface area (Å²) < 4.78 is 5.27. The van der Waals surface area contributed by atoms with Crippen LogP contribution in [0.2, 0.25) is 0 Å². The van der Waals surface area contributed by atoms with E-state index in [-0.39, 0.29) is 11.9 Å². The molecule has 2 N–H and O–H groups in total. The fraction of sp³-hybridized carbons (Fsp3) is 0.200. The molecule has 1 aromatic heterocycles. The van der Waals surface area contributed by atoms with Crippen LogP contribution in [0.15, 0.2) is 78.9 Å². The molecule has 0 aliphatic rings. The minimum Gasteiger partial charge on any atom is -0.497 e. The van der Waals surface area contributed by atoms with Gasteiger partial charge >= 0.3 is 0 Å². The molecule has 0 saturated heterocycles. The number of fused-ring (bicyclic) bond motifs is 1. The second-order valence-corrected chi connectivity index (χ2v) is 7.30. The summed E-state index contributed by atoms with van der Waals surface area (Å²) in [5.41, 5.74) is 4.09. The van der Waals surface area contributed by atoms with Crippen LogP contribution in [0.5, 0.6) is 5.75 Å². The van der Waals surface area contributed by atoms with Crippen LogP contribution < -0.4 is 10.1 Å². The number of carbonyl (C=O) groups is 1. The summed E-state index contributed by atoms with van der Waals surface area (Å²) in [6.45, 7) is 0. The number of carbonyl (C=O) groups excluding carboxylic acids is 1. The first-order valence-corrected chi connectivity index (χ1v) is 10.1. The Morgan fingerprint density at radius 3 is 2.57 bits per heavy atom. The zero-order valence-corrected chi connectivity index (χ0v) is 17.0. The molecule has 0 aliphatic carbocycles. The average molecular weight is 399 g/mol. The quantitative estimate of drug-likeness (QED) is 0.455. The van der Waals surface area contributed by atoms with Gasteiger partial charge in [0.05, 0.1) is 24.2 Å². The summed E-state index contributed by atoms with van der Waals surface area (Å²) in [7, 11) is 1.65. The van der Waals surface area contributed by atoms with E-state index in [1.165, 1.54) is 0 Å². The number of aromatic amines is 1. The van der Waals surface area contributed by atoms with Gasteiger partial charge in [0.15, 0.2) is 0 Å². The average Bonchev–Trinajstić information content (AvgIpc) is 3.22. The van der Waals surface area contributed by atoms with Crippen molar-refractivity contribution in [3.05, 3.63) is 95.8 Å². The van der Waals surface area contributed by atoms with Crippen LogP contribution in [-0.4, -0.2) is 23.0 Å². The number of hydrogen-bond donors (Lipinski definition) is 2. The topological polar surface area (TPSA) is 67.0 Å². The second kappa shape index (κ2) is 9.27. The fourth-order valence-electron chi connectivity index (χ4n) is 3.56. The van der Waals surface area contributed by atoms with Gasteiger partial charge in [0, 0.05) is 6.42 Å². The lowest BCUT2D eigenvalue weighted by atomic mass is 10.0. The molecule has 5 heteroatoms. The molecule has 4 rings (SSSR count). The maximum Gasteiger partial charge on any atom is 0.220 e. The number of rotatable bonds is 8. The van der Waals surface area contributed by atoms with Gasteiger partial charge in [-0.2, -0.15) is 0 Å². The van der Waals surface area contributed by atoms with Crippen molar-refractivity contribution in [1.29, 1.82) is 0 Å². The van der Waals surface area contributed by atoms with Crippen LogP contribution in [0.1, 0.15) is 29.4 Å². The van der Waals surface area contributed by atoms with Crippen molar-refractivity contribution < 1.29 is 9.53 Å². The Balaban J connectivity index is 1.49. The van der Waals surface area contributed by atoms with Gasteiger partial charge in [-0.3, -0.25) is 4.79 Å². The van der Waals surface area contributed by atoms with Crippen LogP contribution >= 0.6 is 0 Å². The summed E-state index contributed by atoms with van der Waals surface area (Å²) in [4.78, 5) is 20.9. The molecule has 1 atom stereocenters. The van der Waals surface area contributed by atoms with E-state index in [0.29, 0.717) is 19.3 Å². The highest BCUT2D eigenvalue weighted by molar-refractivity contribution is 5.77. The maximum atomic E-state index is 12.8. The van der Waals surface area contributed by atoms with E-state index in [2.05, 4.69) is 22.4 Å². The van der Waals surface area contributed by atoms with Gasteiger partial charge in [0.25, 0.3) is 0 Å². The van der Waals surface area contributed by atoms with Gasteiger partial charge in [-0.05, 0) is 48.2 Å². The van der Waals surface area contributed by atoms with Gasteiger partial charge in [-0.1, -0.05) is 54.6 Å². The second-order valence-electron chi connectivity index (χ2n) is 7.30. The number of H-pyrrole nitrogens is 1. The molecule has 0 spiro atoms. The molecular formula is C25H25N3O2. The first kappa shape index (κ1) is 19.7. The van der Waals surface area contributed by atoms with E-state index >= 15 is 0 Å². The number of aromatic nitrogens is 2. The van der Waals surface area contributed by atoms with Crippen molar-refractivity contribution in [2.45, 2.75) is 25.3 Å². The van der Waals surface area contributed by atoms with Crippen molar-refractivity contribution >= 4 is 16.9 Å². The molecule has 152 valence electrons. The Bertz CT molecular complexity index is 1090. The highest BCUT2D eigenvalue weighted by atomic mass is 16.5. The fourth-order valence-corrected chi connectivity index (χ4v) is 3.56. The number of nitrogens with one attached hydrogen (secondary N) is 2. The Labute approximate surface area is 176 Å². The monoisotopic (exact) mass is 399 g/mol. The normalized spacial score (nSPS) is 11.9. The molecule has 0 aliphatic heterocycles. The number of benzene rings is 3. The van der Waals surface area contributed by atoms with Crippen molar-refractivity contribution in [3.8, 4) is 5.75 Å². The molecule has 4 aromatic rings. The Hall–Kier alpha value is -3.60. The molecular weight excluding hydrogens is 374 g/mol. The lowest BCUT2D eigenvalue weighted by Crippen LogP contribution is -2.31. The van der Waals surface area contributed by atoms with Crippen molar-refractivity contribution in [2.24, 2.45) is 0 Å². The van der Waals surface area contributed by atoms with Crippen molar-refractivity contribution in [1.82, 2.24) is 15.3 Å². The van der Waals surface area contributed by atoms with Gasteiger partial charge in [-0.25, -0.2) is 4.98 Å². The minimum atomic E-state index is -0.224. The number of imidazole rings is 1. The van der Waals surface area contributed by atoms with Crippen LogP contribution in [0, 0.1) is 0 Å². The highest BCUT2D eigenvalue weighted by Gasteiger charge is 2.19. The molecule has 3 aromatic carbocycles. The molecule has 30 heavy (non-hydrogen) atoms. The van der Waals surface area contributed by atoms with E-state index < -0.39 is 0 Å². The molecule has 1 amide bonds. The zero-order valence-electron chi connectivity index (χ0n) is 17.0. The lowest BCUT2D eigenvalue weighted by Gasteiger charge is -2.17. The van der Waals surface area contributed by atoms with Gasteiger partial charge in [-0.15, -0.1) is 0 Å². The van der Waals surface area contributed by atoms with Crippen molar-refractivity contribution in [3.63, 3.8) is 0 Å². The third kappa shape index (κ3) is 4.87. The highest BCUT2D eigenvalue weighted by Crippen LogP contribution is 2.20. The van der Waals surface area contributed by atoms with E-state index in [0.717, 1.165) is 33.7 Å². The molecule has 1 unspecified atom stereocenters. The summed E-state index contributed by atoms with van der Waals surface area (Å²) in [5, 5.41) is 3.18. The van der Waals surface area contributed by atoms with Crippen LogP contribution in [0.3, 0.4) is 0 Å². The standard InChI is InChI=1S/C25H25N3O2/c1-30-20-11-7-10-19(16-20)14-15-24(29)26-23(17-18-8-3-2-4-9-18)25-27-21-12-5-6-13-22(21)28-25/h2-13,16,23H,14-15,17H2,1H3,(H,26,29)(H,27,28). The Kier molecular flexibility index (Phi) is 6.09. The lowest BCUT2D eigenvalue weighted by molar-refractivity contribution is -0.121. The summed E-state index contributed by atoms with van der Waals surface area (Å²) in [6, 6.07) is 25.7. The number of aryl methyl sites for hydroxylation is 1. The van der Waals surface area contributed by atoms with Crippen LogP contribution in [-0.2, 0) is 17.6 Å². The van der Waals surface area contributed by atoms with E-state index in [1.54, 1.807) is 7.11 Å². The maximum absolute atomic E-state index is 12.8. The predicted molar refractivity (Wildman–Crippen MR) is 118 cm³/mol. The smallest absolute Gasteiger partial charge is 0.220 e. The zero-order chi connectivity index (χ0) is 20.8. The first-order chi connectivity index (χ1) is 14.7. The third-order valence-electron chi connectivity index (χ3n) is 5.13. The summed E-state index contributed by atoms with van der Waals surface area (Å²) >= 11 is 0. The van der Waals surface area contributed by atoms with E-state index in [9.17, 15) is 4.79 Å². The molecule has 0 fully saturated rings. The number of ether oxygens (including phenoxy) is 1. The van der Waals surface area contributed by atoms with E-state index in [1.807, 2.05) is 66.7 Å². The van der Waals surface area contributed by atoms with Crippen LogP contribution in [0.25, 0.3) is 11.0 Å². The Morgan fingerprint density at radius 2 is 1.77 bits per heavy atom. The molecule has 5 nitrogen and oxygen atoms in total. The van der Waals surface area contributed by atoms with E-state index in [4.69, 9.17) is 9.72 Å². The predicted octanol–water partition coefficient (Wildman–Crippen LogP) is 4.60. The number of hydrogen-bond acceptors (Lipinski definition) is 3. The van der Waals surface area contributed by atoms with Crippen LogP contribution in [0.4, 0.5) is 0 Å². The van der Waals surface area contributed by atoms with Gasteiger partial charge < -0.3 is 15.0 Å². The number of nitrogens with zero attached hydrogens (tertiary/aromatic N) is 1. The third-order valence-corrected chi connectivity index (χ3v) is 5.13. The number of amides is 1. The summed E-state index contributed by atoms with van der Waals surface area (Å²) in [5.74, 6) is 1.58. The number of methoxy groups -OCH3 is 1. The van der Waals surface area contributed by atoms with Gasteiger partial charge in [0.1, 0.15) is 11.6 Å². The largest absolute Gasteiger partial charge is 0.497 e. The molecule has 1 heterocycles. The molecule has 0 radical (unpaired) electrons. The summed E-state index contributed by atoms with van der Waals surface area (Å²) in [6.07, 6.45) is 1.73. The SMILES string of the molecule is COc1cccc(CCC(=O)NC(Cc2ccccc2)c2nc3ccccc3[nH]2)c1. The molecule has 0 saturated carbocycles. The van der Waals surface area contributed by atoms with Crippen molar-refractivity contribution in [2.75, 3.05) is 7.11 Å². The van der Waals surface area contributed by atoms with Gasteiger partial charge in [0.2, 0.25) is 5.91 Å². The minimum absolute atomic E-state index is 0.000734. The Morgan fingerprint density at radius 1 is 1.00 bits per heavy atom. The first-order valence-electron chi connectivity index (χ1n) is 10.1. The molecule has 0 bridgehead atoms.